The van der Waals surface area contributed by atoms with Crippen molar-refractivity contribution >= 4 is 22.2 Å². The molecule has 0 fully saturated rings. The van der Waals surface area contributed by atoms with Crippen LogP contribution in [0, 0.1) is 23.1 Å². The minimum Gasteiger partial charge on any atom is -0.312 e. The molecule has 0 aliphatic heterocycles. The monoisotopic (exact) mass is 314 g/mol. The zero-order valence-corrected chi connectivity index (χ0v) is 13.0. The molecule has 1 aliphatic carbocycles. The van der Waals surface area contributed by atoms with E-state index in [0.717, 1.165) is 24.8 Å². The van der Waals surface area contributed by atoms with E-state index >= 15 is 0 Å². The SMILES string of the molecule is C[C@H]1CCc2sc(NC(=O)c3cccc(F)c3)c(C#N)c2C1. The van der Waals surface area contributed by atoms with E-state index in [4.69, 9.17) is 0 Å². The van der Waals surface area contributed by atoms with E-state index in [1.165, 1.54) is 34.4 Å². The normalized spacial score (nSPS) is 16.7. The quantitative estimate of drug-likeness (QED) is 0.906. The molecule has 1 aromatic carbocycles. The first-order chi connectivity index (χ1) is 10.6. The summed E-state index contributed by atoms with van der Waals surface area (Å²) >= 11 is 1.47. The Morgan fingerprint density at radius 2 is 2.32 bits per heavy atom. The molecule has 3 rings (SSSR count). The molecule has 0 bridgehead atoms. The molecule has 1 atom stereocenters. The lowest BCUT2D eigenvalue weighted by Gasteiger charge is -2.17. The van der Waals surface area contributed by atoms with Gasteiger partial charge in [-0.3, -0.25) is 4.79 Å². The fourth-order valence-electron chi connectivity index (χ4n) is 2.77. The van der Waals surface area contributed by atoms with E-state index in [-0.39, 0.29) is 11.5 Å². The highest BCUT2D eigenvalue weighted by atomic mass is 32.1. The van der Waals surface area contributed by atoms with Gasteiger partial charge in [0.2, 0.25) is 0 Å². The van der Waals surface area contributed by atoms with Gasteiger partial charge in [0, 0.05) is 10.4 Å². The summed E-state index contributed by atoms with van der Waals surface area (Å²) < 4.78 is 13.2. The number of fused-ring (bicyclic) bond motifs is 1. The number of nitrogens with zero attached hydrogens (tertiary/aromatic N) is 1. The number of hydrogen-bond acceptors (Lipinski definition) is 3. The van der Waals surface area contributed by atoms with E-state index in [2.05, 4.69) is 18.3 Å². The topological polar surface area (TPSA) is 52.9 Å². The smallest absolute Gasteiger partial charge is 0.256 e. The highest BCUT2D eigenvalue weighted by Crippen LogP contribution is 2.39. The zero-order chi connectivity index (χ0) is 15.7. The van der Waals surface area contributed by atoms with Crippen molar-refractivity contribution in [3.8, 4) is 6.07 Å². The molecular weight excluding hydrogens is 299 g/mol. The van der Waals surface area contributed by atoms with Gasteiger partial charge in [0.25, 0.3) is 5.91 Å². The molecule has 22 heavy (non-hydrogen) atoms. The van der Waals surface area contributed by atoms with Gasteiger partial charge >= 0.3 is 0 Å². The van der Waals surface area contributed by atoms with Gasteiger partial charge in [-0.25, -0.2) is 4.39 Å². The van der Waals surface area contributed by atoms with Crippen LogP contribution < -0.4 is 5.32 Å². The summed E-state index contributed by atoms with van der Waals surface area (Å²) in [4.78, 5) is 13.4. The molecule has 0 spiro atoms. The van der Waals surface area contributed by atoms with Gasteiger partial charge in [0.05, 0.1) is 5.56 Å². The molecule has 3 nitrogen and oxygen atoms in total. The third kappa shape index (κ3) is 2.75. The summed E-state index contributed by atoms with van der Waals surface area (Å²) in [5, 5.41) is 12.8. The number of halogens is 1. The van der Waals surface area contributed by atoms with Crippen LogP contribution in [-0.4, -0.2) is 5.91 Å². The minimum atomic E-state index is -0.451. The van der Waals surface area contributed by atoms with Crippen LogP contribution in [0.5, 0.6) is 0 Å². The van der Waals surface area contributed by atoms with Crippen molar-refractivity contribution in [2.24, 2.45) is 5.92 Å². The molecule has 1 aliphatic rings. The van der Waals surface area contributed by atoms with Gasteiger partial charge < -0.3 is 5.32 Å². The second kappa shape index (κ2) is 5.90. The second-order valence-electron chi connectivity index (χ2n) is 5.63. The van der Waals surface area contributed by atoms with Crippen LogP contribution in [0.4, 0.5) is 9.39 Å². The van der Waals surface area contributed by atoms with Gasteiger partial charge in [0.15, 0.2) is 0 Å². The summed E-state index contributed by atoms with van der Waals surface area (Å²) in [7, 11) is 0. The van der Waals surface area contributed by atoms with Crippen molar-refractivity contribution in [1.29, 1.82) is 5.26 Å². The highest BCUT2D eigenvalue weighted by Gasteiger charge is 2.25. The van der Waals surface area contributed by atoms with Gasteiger partial charge in [0.1, 0.15) is 16.9 Å². The number of nitriles is 1. The van der Waals surface area contributed by atoms with E-state index in [0.29, 0.717) is 16.5 Å². The molecule has 0 saturated carbocycles. The summed E-state index contributed by atoms with van der Waals surface area (Å²) in [6.07, 6.45) is 2.94. The number of benzene rings is 1. The van der Waals surface area contributed by atoms with Crippen LogP contribution in [0.15, 0.2) is 24.3 Å². The Morgan fingerprint density at radius 1 is 1.50 bits per heavy atom. The lowest BCUT2D eigenvalue weighted by molar-refractivity contribution is 0.102. The van der Waals surface area contributed by atoms with E-state index < -0.39 is 5.82 Å². The van der Waals surface area contributed by atoms with E-state index in [9.17, 15) is 14.4 Å². The lowest BCUT2D eigenvalue weighted by atomic mass is 9.88. The molecule has 1 amide bonds. The van der Waals surface area contributed by atoms with Crippen molar-refractivity contribution in [2.75, 3.05) is 5.32 Å². The Balaban J connectivity index is 1.90. The van der Waals surface area contributed by atoms with Gasteiger partial charge in [-0.15, -0.1) is 11.3 Å². The maximum atomic E-state index is 13.2. The van der Waals surface area contributed by atoms with Crippen LogP contribution in [0.25, 0.3) is 0 Å². The highest BCUT2D eigenvalue weighted by molar-refractivity contribution is 7.16. The van der Waals surface area contributed by atoms with Crippen LogP contribution in [-0.2, 0) is 12.8 Å². The Morgan fingerprint density at radius 3 is 3.05 bits per heavy atom. The number of anilines is 1. The van der Waals surface area contributed by atoms with Crippen molar-refractivity contribution in [3.63, 3.8) is 0 Å². The molecule has 1 N–H and O–H groups in total. The number of nitrogens with one attached hydrogen (secondary N) is 1. The van der Waals surface area contributed by atoms with Crippen LogP contribution in [0.3, 0.4) is 0 Å². The molecule has 0 saturated heterocycles. The number of rotatable bonds is 2. The molecule has 0 unspecified atom stereocenters. The molecule has 5 heteroatoms. The van der Waals surface area contributed by atoms with E-state index in [1.807, 2.05) is 0 Å². The fraction of sp³-hybridized carbons (Fsp3) is 0.294. The number of aryl methyl sites for hydroxylation is 1. The Kier molecular flexibility index (Phi) is 3.95. The Labute approximate surface area is 132 Å². The maximum absolute atomic E-state index is 13.2. The largest absolute Gasteiger partial charge is 0.312 e. The summed E-state index contributed by atoms with van der Waals surface area (Å²) in [6, 6.07) is 7.75. The Hall–Kier alpha value is -2.19. The molecule has 1 heterocycles. The third-order valence-corrected chi connectivity index (χ3v) is 5.14. The number of carbonyl (C=O) groups is 1. The maximum Gasteiger partial charge on any atom is 0.256 e. The van der Waals surface area contributed by atoms with Crippen molar-refractivity contribution in [2.45, 2.75) is 26.2 Å². The molecular formula is C17H15FN2OS. The summed E-state index contributed by atoms with van der Waals surface area (Å²) in [6.45, 7) is 2.17. The number of thiophene rings is 1. The van der Waals surface area contributed by atoms with Gasteiger partial charge in [-0.05, 0) is 48.9 Å². The van der Waals surface area contributed by atoms with Crippen LogP contribution in [0.1, 0.15) is 39.7 Å². The zero-order valence-electron chi connectivity index (χ0n) is 12.1. The third-order valence-electron chi connectivity index (χ3n) is 3.93. The van der Waals surface area contributed by atoms with Crippen LogP contribution >= 0.6 is 11.3 Å². The predicted molar refractivity (Wildman–Crippen MR) is 84.6 cm³/mol. The lowest BCUT2D eigenvalue weighted by Crippen LogP contribution is -2.12. The van der Waals surface area contributed by atoms with Crippen molar-refractivity contribution in [3.05, 3.63) is 51.7 Å². The van der Waals surface area contributed by atoms with Gasteiger partial charge in [-0.2, -0.15) is 5.26 Å². The average molecular weight is 314 g/mol. The first-order valence-corrected chi connectivity index (χ1v) is 8.01. The van der Waals surface area contributed by atoms with Crippen molar-refractivity contribution < 1.29 is 9.18 Å². The number of carbonyl (C=O) groups excluding carboxylic acids is 1. The second-order valence-corrected chi connectivity index (χ2v) is 6.74. The Bertz CT molecular complexity index is 775. The predicted octanol–water partition coefficient (Wildman–Crippen LogP) is 4.14. The number of hydrogen-bond donors (Lipinski definition) is 1. The fourth-order valence-corrected chi connectivity index (χ4v) is 3.96. The average Bonchev–Trinajstić information content (AvgIpc) is 2.83. The molecule has 112 valence electrons. The van der Waals surface area contributed by atoms with Gasteiger partial charge in [-0.1, -0.05) is 13.0 Å². The number of amides is 1. The van der Waals surface area contributed by atoms with Crippen molar-refractivity contribution in [1.82, 2.24) is 0 Å². The molecule has 1 aromatic heterocycles. The summed E-state index contributed by atoms with van der Waals surface area (Å²) in [5.41, 5.74) is 1.89. The minimum absolute atomic E-state index is 0.253. The van der Waals surface area contributed by atoms with E-state index in [1.54, 1.807) is 6.07 Å². The first-order valence-electron chi connectivity index (χ1n) is 7.20. The van der Waals surface area contributed by atoms with Crippen LogP contribution in [0.2, 0.25) is 0 Å². The molecule has 0 radical (unpaired) electrons. The summed E-state index contributed by atoms with van der Waals surface area (Å²) in [5.74, 6) is -0.281. The first kappa shape index (κ1) is 14.7. The molecule has 2 aromatic rings. The standard InChI is InChI=1S/C17H15FN2OS/c1-10-5-6-15-13(7-10)14(9-19)17(22-15)20-16(21)11-3-2-4-12(18)8-11/h2-4,8,10H,5-7H2,1H3,(H,20,21)/t10-/m0/s1.